The Hall–Kier alpha value is -3.72. The third kappa shape index (κ3) is 6.89. The van der Waals surface area contributed by atoms with Gasteiger partial charge in [-0.05, 0) is 49.1 Å². The van der Waals surface area contributed by atoms with Crippen molar-refractivity contribution in [1.29, 1.82) is 0 Å². The third-order valence-electron chi connectivity index (χ3n) is 5.66. The number of aliphatic imine (C=N–C) groups is 1. The number of nitrogens with two attached hydrogens (primary N) is 1. The number of allylic oxidation sites excluding steroid dienone is 2. The molecule has 182 valence electrons. The number of halogens is 1. The zero-order chi connectivity index (χ0) is 25.3. The predicted octanol–water partition coefficient (Wildman–Crippen LogP) is 1.78. The van der Waals surface area contributed by atoms with Gasteiger partial charge in [0.15, 0.2) is 0 Å². The maximum absolute atomic E-state index is 14.4. The Balaban J connectivity index is 2.27. The Morgan fingerprint density at radius 3 is 2.65 bits per heavy atom. The van der Waals surface area contributed by atoms with Gasteiger partial charge in [-0.3, -0.25) is 19.5 Å². The van der Waals surface area contributed by atoms with Crippen LogP contribution in [0.3, 0.4) is 0 Å². The molecule has 2 atom stereocenters. The van der Waals surface area contributed by atoms with E-state index in [-0.39, 0.29) is 35.3 Å². The highest BCUT2D eigenvalue weighted by atomic mass is 19.1. The highest BCUT2D eigenvalue weighted by Gasteiger charge is 2.29. The Kier molecular flexibility index (Phi) is 9.76. The first kappa shape index (κ1) is 26.5. The van der Waals surface area contributed by atoms with Gasteiger partial charge in [0.2, 0.25) is 5.91 Å². The third-order valence-corrected chi connectivity index (χ3v) is 5.66. The Morgan fingerprint density at radius 2 is 2.06 bits per heavy atom. The fourth-order valence-electron chi connectivity index (χ4n) is 3.69. The molecule has 34 heavy (non-hydrogen) atoms. The molecule has 1 aromatic carbocycles. The van der Waals surface area contributed by atoms with E-state index in [0.717, 1.165) is 5.56 Å². The molecule has 1 aliphatic heterocycles. The molecule has 8 nitrogen and oxygen atoms in total. The molecule has 0 bridgehead atoms. The lowest BCUT2D eigenvalue weighted by Crippen LogP contribution is -2.55. The molecule has 1 fully saturated rings. The number of piperazine rings is 1. The number of carbonyl (C=O) groups excluding carboxylic acids is 2. The van der Waals surface area contributed by atoms with Crippen LogP contribution >= 0.6 is 0 Å². The minimum atomic E-state index is -0.390. The van der Waals surface area contributed by atoms with Gasteiger partial charge in [-0.15, -0.1) is 6.58 Å². The normalized spacial score (nSPS) is 18.1. The summed E-state index contributed by atoms with van der Waals surface area (Å²) in [6.45, 7) is 14.7. The topological polar surface area (TPSA) is 103 Å². The van der Waals surface area contributed by atoms with Crippen LogP contribution in [0.5, 0.6) is 0 Å². The van der Waals surface area contributed by atoms with Gasteiger partial charge < -0.3 is 21.3 Å². The van der Waals surface area contributed by atoms with Gasteiger partial charge in [-0.1, -0.05) is 24.8 Å². The molecule has 1 saturated heterocycles. The molecular formula is C25H33FN6O2. The Labute approximate surface area is 200 Å². The smallest absolute Gasteiger partial charge is 0.269 e. The number of aryl methyl sites for hydroxylation is 1. The standard InChI is InChI=1S/C25H33FN6O2/c1-6-19-15-31(12-13-32(19)24(33)7-2)16-22(18-9-8-17(3)20(26)14-18)30-23(27)11-10-21(28-4)25(34)29-5/h6-11,14,19,22,30H,1-2,4,12-13,15-16,27H2,3,5H3,(H,29,34)/b21-10-,23-11+/t19-,22+/m1/s1. The monoisotopic (exact) mass is 468 g/mol. The minimum Gasteiger partial charge on any atom is -0.386 e. The number of hydrogen-bond donors (Lipinski definition) is 3. The van der Waals surface area contributed by atoms with Crippen molar-refractivity contribution >= 4 is 18.5 Å². The van der Waals surface area contributed by atoms with E-state index in [9.17, 15) is 14.0 Å². The maximum atomic E-state index is 14.4. The molecule has 0 unspecified atom stereocenters. The molecule has 0 aromatic heterocycles. The van der Waals surface area contributed by atoms with Crippen molar-refractivity contribution in [1.82, 2.24) is 20.4 Å². The lowest BCUT2D eigenvalue weighted by molar-refractivity contribution is -0.129. The number of benzene rings is 1. The SMILES string of the molecule is C=CC(=O)N1CCN(C[C@H](N/C(N)=C/C=C(\N=C)C(=O)NC)c2ccc(C)c(F)c2)C[C@H]1C=C. The number of nitrogens with zero attached hydrogens (tertiary/aromatic N) is 3. The van der Waals surface area contributed by atoms with Crippen LogP contribution in [0.25, 0.3) is 0 Å². The molecule has 2 rings (SSSR count). The lowest BCUT2D eigenvalue weighted by Gasteiger charge is -2.41. The van der Waals surface area contributed by atoms with Crippen LogP contribution in [-0.4, -0.2) is 67.6 Å². The summed E-state index contributed by atoms with van der Waals surface area (Å²) in [5.74, 6) is -0.563. The van der Waals surface area contributed by atoms with Crippen molar-refractivity contribution in [3.63, 3.8) is 0 Å². The van der Waals surface area contributed by atoms with E-state index < -0.39 is 5.91 Å². The van der Waals surface area contributed by atoms with Crippen molar-refractivity contribution < 1.29 is 14.0 Å². The average Bonchev–Trinajstić information content (AvgIpc) is 2.84. The molecule has 0 aliphatic carbocycles. The van der Waals surface area contributed by atoms with Crippen LogP contribution in [0.2, 0.25) is 0 Å². The van der Waals surface area contributed by atoms with Crippen molar-refractivity contribution in [2.24, 2.45) is 10.7 Å². The molecule has 9 heteroatoms. The number of rotatable bonds is 10. The minimum absolute atomic E-state index is 0.113. The van der Waals surface area contributed by atoms with Gasteiger partial charge >= 0.3 is 0 Å². The van der Waals surface area contributed by atoms with Crippen molar-refractivity contribution in [3.05, 3.63) is 84.1 Å². The highest BCUT2D eigenvalue weighted by Crippen LogP contribution is 2.21. The van der Waals surface area contributed by atoms with E-state index in [1.54, 1.807) is 24.0 Å². The fraction of sp³-hybridized carbons (Fsp3) is 0.320. The van der Waals surface area contributed by atoms with Crippen molar-refractivity contribution in [2.75, 3.05) is 33.2 Å². The van der Waals surface area contributed by atoms with E-state index in [1.165, 1.54) is 31.3 Å². The summed E-state index contributed by atoms with van der Waals surface area (Å²) >= 11 is 0. The largest absolute Gasteiger partial charge is 0.386 e. The summed E-state index contributed by atoms with van der Waals surface area (Å²) in [5.41, 5.74) is 7.56. The van der Waals surface area contributed by atoms with E-state index in [4.69, 9.17) is 5.73 Å². The van der Waals surface area contributed by atoms with Gasteiger partial charge in [0, 0.05) is 33.2 Å². The molecule has 1 aromatic rings. The number of amides is 2. The maximum Gasteiger partial charge on any atom is 0.269 e. The van der Waals surface area contributed by atoms with Gasteiger partial charge in [-0.25, -0.2) is 4.39 Å². The molecule has 1 aliphatic rings. The number of nitrogens with one attached hydrogen (secondary N) is 2. The van der Waals surface area contributed by atoms with Crippen molar-refractivity contribution in [3.8, 4) is 0 Å². The van der Waals surface area contributed by atoms with Crippen LogP contribution in [0.4, 0.5) is 4.39 Å². The first-order chi connectivity index (χ1) is 16.2. The molecule has 0 saturated carbocycles. The summed E-state index contributed by atoms with van der Waals surface area (Å²) in [4.78, 5) is 31.5. The number of carbonyl (C=O) groups is 2. The lowest BCUT2D eigenvalue weighted by atomic mass is 10.0. The fourth-order valence-corrected chi connectivity index (χ4v) is 3.69. The molecule has 2 amide bonds. The number of hydrogen-bond acceptors (Lipinski definition) is 6. The second-order valence-electron chi connectivity index (χ2n) is 7.92. The Bertz CT molecular complexity index is 1000. The average molecular weight is 469 g/mol. The van der Waals surface area contributed by atoms with Gasteiger partial charge in [0.1, 0.15) is 11.5 Å². The molecule has 4 N–H and O–H groups in total. The molecule has 0 spiro atoms. The first-order valence-electron chi connectivity index (χ1n) is 10.9. The van der Waals surface area contributed by atoms with E-state index in [1.807, 2.05) is 6.07 Å². The summed E-state index contributed by atoms with van der Waals surface area (Å²) in [5, 5.41) is 5.69. The first-order valence-corrected chi connectivity index (χ1v) is 10.9. The van der Waals surface area contributed by atoms with Crippen molar-refractivity contribution in [2.45, 2.75) is 19.0 Å². The summed E-state index contributed by atoms with van der Waals surface area (Å²) in [6, 6.07) is 4.53. The van der Waals surface area contributed by atoms with Gasteiger partial charge in [0.25, 0.3) is 5.91 Å². The second-order valence-corrected chi connectivity index (χ2v) is 7.92. The van der Waals surface area contributed by atoms with Crippen LogP contribution in [0.1, 0.15) is 17.2 Å². The predicted molar refractivity (Wildman–Crippen MR) is 133 cm³/mol. The summed E-state index contributed by atoms with van der Waals surface area (Å²) < 4.78 is 14.4. The van der Waals surface area contributed by atoms with E-state index in [0.29, 0.717) is 31.7 Å². The van der Waals surface area contributed by atoms with E-state index in [2.05, 4.69) is 40.4 Å². The Morgan fingerprint density at radius 1 is 1.32 bits per heavy atom. The van der Waals surface area contributed by atoms with Crippen LogP contribution < -0.4 is 16.4 Å². The molecule has 0 radical (unpaired) electrons. The molecule has 1 heterocycles. The number of likely N-dealkylation sites (N-methyl/N-ethyl adjacent to an activating group) is 1. The quantitative estimate of drug-likeness (QED) is 0.210. The summed E-state index contributed by atoms with van der Waals surface area (Å²) in [6.07, 6.45) is 6.01. The zero-order valence-electron chi connectivity index (χ0n) is 19.8. The van der Waals surface area contributed by atoms with Crippen LogP contribution in [0, 0.1) is 12.7 Å². The van der Waals surface area contributed by atoms with Crippen LogP contribution in [0.15, 0.2) is 72.2 Å². The van der Waals surface area contributed by atoms with Crippen LogP contribution in [-0.2, 0) is 9.59 Å². The zero-order valence-corrected chi connectivity index (χ0v) is 19.8. The van der Waals surface area contributed by atoms with E-state index >= 15 is 0 Å². The van der Waals surface area contributed by atoms with Gasteiger partial charge in [-0.2, -0.15) is 0 Å². The second kappa shape index (κ2) is 12.5. The summed E-state index contributed by atoms with van der Waals surface area (Å²) in [7, 11) is 1.49. The molecular weight excluding hydrogens is 435 g/mol. The highest BCUT2D eigenvalue weighted by molar-refractivity contribution is 5.93. The van der Waals surface area contributed by atoms with Gasteiger partial charge in [0.05, 0.1) is 17.9 Å².